The smallest absolute Gasteiger partial charge is 0.328 e. The van der Waals surface area contributed by atoms with Gasteiger partial charge in [-0.25, -0.2) is 19.2 Å². The number of anilines is 1. The molecule has 1 aliphatic heterocycles. The number of aromatic amines is 1. The molecule has 1 N–H and O–H groups in total. The molecule has 0 amide bonds. The number of hydrogen-bond donors (Lipinski definition) is 1. The van der Waals surface area contributed by atoms with Crippen molar-refractivity contribution in [3.8, 4) is 11.3 Å². The van der Waals surface area contributed by atoms with Crippen molar-refractivity contribution >= 4 is 28.0 Å². The first-order valence-corrected chi connectivity index (χ1v) is 13.2. The van der Waals surface area contributed by atoms with Gasteiger partial charge in [-0.2, -0.15) is 5.10 Å². The van der Waals surface area contributed by atoms with Gasteiger partial charge in [-0.05, 0) is 54.9 Å². The summed E-state index contributed by atoms with van der Waals surface area (Å²) in [7, 11) is 3.58. The van der Waals surface area contributed by atoms with Gasteiger partial charge in [0.2, 0.25) is 5.65 Å². The number of H-pyrrole nitrogens is 1. The zero-order valence-electron chi connectivity index (χ0n) is 22.0. The molecule has 194 valence electrons. The second-order valence-corrected chi connectivity index (χ2v) is 10.8. The van der Waals surface area contributed by atoms with Crippen molar-refractivity contribution in [3.05, 3.63) is 70.0 Å². The van der Waals surface area contributed by atoms with E-state index in [0.29, 0.717) is 23.0 Å². The fraction of sp³-hybridized carbons (Fsp3) is 0.379. The lowest BCUT2D eigenvalue weighted by Gasteiger charge is -2.26. The number of rotatable bonds is 4. The number of aryl methyl sites for hydroxylation is 3. The van der Waals surface area contributed by atoms with E-state index in [2.05, 4.69) is 22.0 Å². The summed E-state index contributed by atoms with van der Waals surface area (Å²) in [4.78, 5) is 24.4. The van der Waals surface area contributed by atoms with E-state index in [1.807, 2.05) is 37.4 Å². The lowest BCUT2D eigenvalue weighted by molar-refractivity contribution is 0.516. The van der Waals surface area contributed by atoms with Crippen LogP contribution in [0.3, 0.4) is 0 Å². The van der Waals surface area contributed by atoms with Crippen molar-refractivity contribution < 1.29 is 4.39 Å². The molecule has 7 rings (SSSR count). The van der Waals surface area contributed by atoms with Crippen LogP contribution in [0.25, 0.3) is 33.5 Å². The minimum Gasteiger partial charge on any atom is -0.355 e. The molecule has 3 aromatic heterocycles. The molecule has 4 heterocycles. The maximum atomic E-state index is 14.8. The fourth-order valence-electron chi connectivity index (χ4n) is 7.34. The quantitative estimate of drug-likeness (QED) is 0.385. The molecule has 38 heavy (non-hydrogen) atoms. The van der Waals surface area contributed by atoms with E-state index < -0.39 is 0 Å². The number of imidazole rings is 1. The Kier molecular flexibility index (Phi) is 4.87. The Morgan fingerprint density at radius 2 is 1.95 bits per heavy atom. The van der Waals surface area contributed by atoms with Gasteiger partial charge in [0.05, 0.1) is 22.9 Å². The van der Waals surface area contributed by atoms with E-state index in [9.17, 15) is 9.18 Å². The number of nitrogens with zero attached hydrogens (tertiary/aromatic N) is 6. The molecule has 0 bridgehead atoms. The molecule has 2 aliphatic rings. The number of aromatic nitrogens is 6. The topological polar surface area (TPSA) is 84.6 Å². The summed E-state index contributed by atoms with van der Waals surface area (Å²) in [6.07, 6.45) is 3.77. The SMILES string of the molecule is CC[C@]1(c2ccccc2F)[C@@H]2CCN(c3cnc4c(-c5ccc6c(c5C)n(C)c(=O)n6C)[nH]nc4n3)C[C@@H]21. The first kappa shape index (κ1) is 23.1. The average molecular weight is 512 g/mol. The van der Waals surface area contributed by atoms with Crippen LogP contribution in [-0.4, -0.2) is 42.4 Å². The fourth-order valence-corrected chi connectivity index (χ4v) is 7.34. The lowest BCUT2D eigenvalue weighted by atomic mass is 9.88. The first-order chi connectivity index (χ1) is 18.4. The zero-order chi connectivity index (χ0) is 26.3. The van der Waals surface area contributed by atoms with Crippen molar-refractivity contribution in [3.63, 3.8) is 0 Å². The number of benzene rings is 2. The highest BCUT2D eigenvalue weighted by Crippen LogP contribution is 2.65. The van der Waals surface area contributed by atoms with Crippen LogP contribution in [0.15, 0.2) is 47.4 Å². The molecular weight excluding hydrogens is 481 g/mol. The molecule has 9 heteroatoms. The van der Waals surface area contributed by atoms with Crippen LogP contribution in [0.4, 0.5) is 10.2 Å². The lowest BCUT2D eigenvalue weighted by Crippen LogP contribution is -2.32. The number of piperidine rings is 1. The Morgan fingerprint density at radius 3 is 2.74 bits per heavy atom. The maximum absolute atomic E-state index is 14.8. The van der Waals surface area contributed by atoms with Crippen LogP contribution in [-0.2, 0) is 19.5 Å². The molecule has 2 aromatic carbocycles. The molecular formula is C29H30FN7O. The van der Waals surface area contributed by atoms with E-state index in [4.69, 9.17) is 9.97 Å². The molecule has 2 fully saturated rings. The monoisotopic (exact) mass is 511 g/mol. The van der Waals surface area contributed by atoms with Crippen molar-refractivity contribution in [2.45, 2.75) is 32.1 Å². The van der Waals surface area contributed by atoms with Crippen LogP contribution >= 0.6 is 0 Å². The Morgan fingerprint density at radius 1 is 1.13 bits per heavy atom. The van der Waals surface area contributed by atoms with Crippen LogP contribution in [0, 0.1) is 24.6 Å². The minimum absolute atomic E-state index is 0.0549. The molecule has 1 saturated heterocycles. The third-order valence-corrected chi connectivity index (χ3v) is 9.31. The number of fused-ring (bicyclic) bond motifs is 3. The summed E-state index contributed by atoms with van der Waals surface area (Å²) in [6, 6.07) is 11.2. The normalized spacial score (nSPS) is 22.8. The molecule has 3 atom stereocenters. The zero-order valence-corrected chi connectivity index (χ0v) is 22.0. The predicted octanol–water partition coefficient (Wildman–Crippen LogP) is 4.46. The third kappa shape index (κ3) is 2.95. The average Bonchev–Trinajstić information content (AvgIpc) is 3.29. The van der Waals surface area contributed by atoms with Crippen LogP contribution in [0.1, 0.15) is 30.9 Å². The van der Waals surface area contributed by atoms with Gasteiger partial charge >= 0.3 is 5.69 Å². The van der Waals surface area contributed by atoms with Gasteiger partial charge in [-0.3, -0.25) is 14.2 Å². The van der Waals surface area contributed by atoms with Crippen LogP contribution in [0.2, 0.25) is 0 Å². The summed E-state index contributed by atoms with van der Waals surface area (Å²) in [5, 5.41) is 7.65. The largest absolute Gasteiger partial charge is 0.355 e. The van der Waals surface area contributed by atoms with Gasteiger partial charge in [-0.1, -0.05) is 31.2 Å². The Labute approximate surface area is 219 Å². The van der Waals surface area contributed by atoms with E-state index in [-0.39, 0.29) is 16.9 Å². The first-order valence-electron chi connectivity index (χ1n) is 13.2. The van der Waals surface area contributed by atoms with Crippen molar-refractivity contribution in [1.29, 1.82) is 0 Å². The summed E-state index contributed by atoms with van der Waals surface area (Å²) >= 11 is 0. The third-order valence-electron chi connectivity index (χ3n) is 9.31. The van der Waals surface area contributed by atoms with Gasteiger partial charge in [0.15, 0.2) is 0 Å². The second-order valence-electron chi connectivity index (χ2n) is 10.8. The van der Waals surface area contributed by atoms with Crippen molar-refractivity contribution in [1.82, 2.24) is 29.3 Å². The summed E-state index contributed by atoms with van der Waals surface area (Å²) in [6.45, 7) is 5.90. The van der Waals surface area contributed by atoms with Crippen LogP contribution in [0.5, 0.6) is 0 Å². The molecule has 0 radical (unpaired) electrons. The molecule has 5 aromatic rings. The van der Waals surface area contributed by atoms with Gasteiger partial charge in [0.1, 0.15) is 17.2 Å². The van der Waals surface area contributed by atoms with E-state index in [0.717, 1.165) is 65.2 Å². The van der Waals surface area contributed by atoms with E-state index in [1.165, 1.54) is 0 Å². The van der Waals surface area contributed by atoms with Crippen molar-refractivity contribution in [2.75, 3.05) is 18.0 Å². The number of halogens is 1. The van der Waals surface area contributed by atoms with Gasteiger partial charge in [0, 0.05) is 38.2 Å². The van der Waals surface area contributed by atoms with Gasteiger partial charge < -0.3 is 4.90 Å². The standard InChI is InChI=1S/C29H30FN7O/c1-5-29(19-8-6-7-9-21(19)30)18-12-13-37(15-20(18)29)23-14-31-25-24(33-34-27(25)32-23)17-10-11-22-26(16(17)2)36(4)28(38)35(22)3/h6-11,14,18,20H,5,12-13,15H2,1-4H3,(H,32,33,34)/t18-,20+,29-/m1/s1. The maximum Gasteiger partial charge on any atom is 0.328 e. The Hall–Kier alpha value is -4.01. The van der Waals surface area contributed by atoms with Gasteiger partial charge in [-0.15, -0.1) is 0 Å². The highest BCUT2D eigenvalue weighted by Gasteiger charge is 2.65. The summed E-state index contributed by atoms with van der Waals surface area (Å²) in [5.41, 5.74) is 6.48. The van der Waals surface area contributed by atoms with E-state index >= 15 is 0 Å². The number of hydrogen-bond acceptors (Lipinski definition) is 5. The van der Waals surface area contributed by atoms with Crippen LogP contribution < -0.4 is 10.6 Å². The van der Waals surface area contributed by atoms with Crippen molar-refractivity contribution in [2.24, 2.45) is 25.9 Å². The molecule has 0 spiro atoms. The number of nitrogens with one attached hydrogen (secondary N) is 1. The predicted molar refractivity (Wildman–Crippen MR) is 146 cm³/mol. The molecule has 1 aliphatic carbocycles. The Bertz CT molecular complexity index is 1800. The second kappa shape index (κ2) is 7.99. The minimum atomic E-state index is -0.0929. The van der Waals surface area contributed by atoms with E-state index in [1.54, 1.807) is 35.4 Å². The molecule has 8 nitrogen and oxygen atoms in total. The highest BCUT2D eigenvalue weighted by molar-refractivity contribution is 5.94. The summed E-state index contributed by atoms with van der Waals surface area (Å²) in [5.74, 6) is 1.61. The van der Waals surface area contributed by atoms with Gasteiger partial charge in [0.25, 0.3) is 0 Å². The Balaban J connectivity index is 1.21. The molecule has 0 unspecified atom stereocenters. The summed E-state index contributed by atoms with van der Waals surface area (Å²) < 4.78 is 18.1. The highest BCUT2D eigenvalue weighted by atomic mass is 19.1. The molecule has 1 saturated carbocycles.